The van der Waals surface area contributed by atoms with Crippen LogP contribution in [0.4, 0.5) is 14.5 Å². The van der Waals surface area contributed by atoms with E-state index in [0.717, 1.165) is 17.7 Å². The van der Waals surface area contributed by atoms with Crippen LogP contribution in [0.5, 0.6) is 0 Å². The van der Waals surface area contributed by atoms with Crippen LogP contribution in [0.15, 0.2) is 47.4 Å². The third kappa shape index (κ3) is 4.50. The van der Waals surface area contributed by atoms with Gasteiger partial charge < -0.3 is 5.73 Å². The van der Waals surface area contributed by atoms with Crippen LogP contribution in [-0.2, 0) is 16.6 Å². The van der Waals surface area contributed by atoms with Crippen LogP contribution < -0.4 is 5.73 Å². The van der Waals surface area contributed by atoms with E-state index in [1.807, 2.05) is 24.3 Å². The molecule has 0 spiro atoms. The van der Waals surface area contributed by atoms with E-state index < -0.39 is 26.6 Å². The minimum atomic E-state index is -3.97. The maximum Gasteiger partial charge on any atom is 0.246 e. The Morgan fingerprint density at radius 1 is 1.00 bits per heavy atom. The van der Waals surface area contributed by atoms with Crippen LogP contribution in [0.25, 0.3) is 0 Å². The summed E-state index contributed by atoms with van der Waals surface area (Å²) in [6.07, 6.45) is 0. The summed E-state index contributed by atoms with van der Waals surface area (Å²) in [5.74, 6) is -1.87. The van der Waals surface area contributed by atoms with Gasteiger partial charge in [0.2, 0.25) is 10.0 Å². The first-order valence-electron chi connectivity index (χ1n) is 7.88. The highest BCUT2D eigenvalue weighted by atomic mass is 35.5. The van der Waals surface area contributed by atoms with E-state index >= 15 is 0 Å². The first-order valence-corrected chi connectivity index (χ1v) is 9.32. The Morgan fingerprint density at radius 2 is 1.69 bits per heavy atom. The number of nitrogens with zero attached hydrogens (tertiary/aromatic N) is 2. The Hall–Kier alpha value is -1.74. The number of nitrogens with two attached hydrogens (primary N) is 1. The molecular formula is C17H20ClF2N3O2S. The number of nitrogen functional groups attached to an aromatic ring is 1. The van der Waals surface area contributed by atoms with Crippen molar-refractivity contribution in [2.45, 2.75) is 11.4 Å². The fourth-order valence-corrected chi connectivity index (χ4v) is 4.37. The molecule has 0 bridgehead atoms. The van der Waals surface area contributed by atoms with Crippen LogP contribution in [0, 0.1) is 11.6 Å². The van der Waals surface area contributed by atoms with E-state index in [1.165, 1.54) is 4.31 Å². The van der Waals surface area contributed by atoms with Gasteiger partial charge >= 0.3 is 0 Å². The molecule has 2 N–H and O–H groups in total. The zero-order chi connectivity index (χ0) is 18.0. The molecule has 2 aromatic rings. The standard InChI is InChI=1S/C17H19F2N3O2S.ClH/c18-14-4-5-17(16(19)11-14)25(23,24)22-8-6-21(7-9-22)12-13-2-1-3-15(20)10-13;/h1-5,10-11H,6-9,12,20H2;1H. The van der Waals surface area contributed by atoms with Crippen molar-refractivity contribution in [1.29, 1.82) is 0 Å². The van der Waals surface area contributed by atoms with E-state index in [9.17, 15) is 17.2 Å². The smallest absolute Gasteiger partial charge is 0.246 e. The third-order valence-corrected chi connectivity index (χ3v) is 6.13. The Morgan fingerprint density at radius 3 is 2.31 bits per heavy atom. The molecule has 1 aliphatic rings. The molecule has 0 amide bonds. The predicted octanol–water partition coefficient (Wildman–Crippen LogP) is 2.48. The van der Waals surface area contributed by atoms with Gasteiger partial charge in [0.05, 0.1) is 0 Å². The Bertz CT molecular complexity index is 872. The molecule has 142 valence electrons. The Balaban J connectivity index is 0.00000243. The van der Waals surface area contributed by atoms with Gasteiger partial charge in [-0.25, -0.2) is 17.2 Å². The van der Waals surface area contributed by atoms with Gasteiger partial charge in [0.15, 0.2) is 0 Å². The quantitative estimate of drug-likeness (QED) is 0.796. The van der Waals surface area contributed by atoms with E-state index in [4.69, 9.17) is 5.73 Å². The number of rotatable bonds is 4. The predicted molar refractivity (Wildman–Crippen MR) is 98.5 cm³/mol. The van der Waals surface area contributed by atoms with Crippen molar-refractivity contribution in [1.82, 2.24) is 9.21 Å². The summed E-state index contributed by atoms with van der Waals surface area (Å²) in [7, 11) is -3.97. The van der Waals surface area contributed by atoms with Crippen molar-refractivity contribution in [3.63, 3.8) is 0 Å². The van der Waals surface area contributed by atoms with Gasteiger partial charge in [0.25, 0.3) is 0 Å². The van der Waals surface area contributed by atoms with Crippen molar-refractivity contribution in [3.05, 3.63) is 59.7 Å². The molecule has 0 atom stereocenters. The van der Waals surface area contributed by atoms with E-state index in [2.05, 4.69) is 4.90 Å². The molecule has 0 saturated carbocycles. The molecule has 1 aliphatic heterocycles. The van der Waals surface area contributed by atoms with Crippen molar-refractivity contribution in [2.75, 3.05) is 31.9 Å². The molecule has 3 rings (SSSR count). The van der Waals surface area contributed by atoms with Gasteiger partial charge in [0, 0.05) is 44.5 Å². The van der Waals surface area contributed by atoms with Crippen LogP contribution in [0.2, 0.25) is 0 Å². The molecule has 0 aromatic heterocycles. The highest BCUT2D eigenvalue weighted by Gasteiger charge is 2.30. The summed E-state index contributed by atoms with van der Waals surface area (Å²) in [5.41, 5.74) is 7.51. The zero-order valence-corrected chi connectivity index (χ0v) is 15.6. The van der Waals surface area contributed by atoms with Crippen LogP contribution in [-0.4, -0.2) is 43.8 Å². The molecule has 0 unspecified atom stereocenters. The van der Waals surface area contributed by atoms with E-state index in [0.29, 0.717) is 31.4 Å². The van der Waals surface area contributed by atoms with Crippen LogP contribution in [0.3, 0.4) is 0 Å². The van der Waals surface area contributed by atoms with E-state index in [-0.39, 0.29) is 25.5 Å². The fraction of sp³-hybridized carbons (Fsp3) is 0.294. The second-order valence-electron chi connectivity index (χ2n) is 6.00. The highest BCUT2D eigenvalue weighted by molar-refractivity contribution is 7.89. The molecule has 1 fully saturated rings. The van der Waals surface area contributed by atoms with Crippen molar-refractivity contribution < 1.29 is 17.2 Å². The summed E-state index contributed by atoms with van der Waals surface area (Å²) in [6, 6.07) is 10.0. The van der Waals surface area contributed by atoms with Gasteiger partial charge in [-0.15, -0.1) is 12.4 Å². The van der Waals surface area contributed by atoms with Gasteiger partial charge in [0.1, 0.15) is 16.5 Å². The normalized spacial score (nSPS) is 16.2. The summed E-state index contributed by atoms with van der Waals surface area (Å²) in [4.78, 5) is 1.63. The Kier molecular flexibility index (Phi) is 6.57. The summed E-state index contributed by atoms with van der Waals surface area (Å²) < 4.78 is 53.2. The number of benzene rings is 2. The second-order valence-corrected chi connectivity index (χ2v) is 7.91. The van der Waals surface area contributed by atoms with Crippen molar-refractivity contribution >= 4 is 28.1 Å². The largest absolute Gasteiger partial charge is 0.399 e. The number of halogens is 3. The average Bonchev–Trinajstić information content (AvgIpc) is 2.55. The molecule has 2 aromatic carbocycles. The molecule has 1 saturated heterocycles. The van der Waals surface area contributed by atoms with Crippen LogP contribution >= 0.6 is 12.4 Å². The fourth-order valence-electron chi connectivity index (χ4n) is 2.90. The first kappa shape index (κ1) is 20.6. The molecule has 1 heterocycles. The number of piperazine rings is 1. The summed E-state index contributed by atoms with van der Waals surface area (Å²) in [6.45, 7) is 2.22. The van der Waals surface area contributed by atoms with Crippen LogP contribution in [0.1, 0.15) is 5.56 Å². The molecule has 0 aliphatic carbocycles. The Labute approximate surface area is 157 Å². The molecule has 9 heteroatoms. The lowest BCUT2D eigenvalue weighted by Gasteiger charge is -2.34. The SMILES string of the molecule is Cl.Nc1cccc(CN2CCN(S(=O)(=O)c3ccc(F)cc3F)CC2)c1. The van der Waals surface area contributed by atoms with Gasteiger partial charge in [-0.2, -0.15) is 4.31 Å². The maximum atomic E-state index is 13.8. The lowest BCUT2D eigenvalue weighted by atomic mass is 10.2. The molecule has 0 radical (unpaired) electrons. The number of anilines is 1. The second kappa shape index (κ2) is 8.30. The molecular weight excluding hydrogens is 384 g/mol. The summed E-state index contributed by atoms with van der Waals surface area (Å²) >= 11 is 0. The third-order valence-electron chi connectivity index (χ3n) is 4.20. The van der Waals surface area contributed by atoms with E-state index in [1.54, 1.807) is 0 Å². The lowest BCUT2D eigenvalue weighted by Crippen LogP contribution is -2.48. The van der Waals surface area contributed by atoms with Gasteiger partial charge in [-0.05, 0) is 29.8 Å². The van der Waals surface area contributed by atoms with Crippen molar-refractivity contribution in [3.8, 4) is 0 Å². The number of sulfonamides is 1. The zero-order valence-electron chi connectivity index (χ0n) is 13.9. The topological polar surface area (TPSA) is 66.6 Å². The highest BCUT2D eigenvalue weighted by Crippen LogP contribution is 2.22. The molecule has 5 nitrogen and oxygen atoms in total. The summed E-state index contributed by atoms with van der Waals surface area (Å²) in [5, 5.41) is 0. The molecule has 26 heavy (non-hydrogen) atoms. The number of hydrogen-bond acceptors (Lipinski definition) is 4. The van der Waals surface area contributed by atoms with Gasteiger partial charge in [-0.1, -0.05) is 12.1 Å². The van der Waals surface area contributed by atoms with Gasteiger partial charge in [-0.3, -0.25) is 4.90 Å². The van der Waals surface area contributed by atoms with Crippen molar-refractivity contribution in [2.24, 2.45) is 0 Å². The number of hydrogen-bond donors (Lipinski definition) is 1. The minimum Gasteiger partial charge on any atom is -0.399 e. The maximum absolute atomic E-state index is 13.8. The monoisotopic (exact) mass is 403 g/mol. The first-order chi connectivity index (χ1) is 11.9. The minimum absolute atomic E-state index is 0. The average molecular weight is 404 g/mol. The lowest BCUT2D eigenvalue weighted by molar-refractivity contribution is 0.181.